The van der Waals surface area contributed by atoms with Gasteiger partial charge in [0.1, 0.15) is 5.75 Å². The molecule has 1 aromatic carbocycles. The molecule has 0 radical (unpaired) electrons. The van der Waals surface area contributed by atoms with Crippen molar-refractivity contribution in [2.24, 2.45) is 0 Å². The van der Waals surface area contributed by atoms with E-state index in [4.69, 9.17) is 4.74 Å². The van der Waals surface area contributed by atoms with Crippen LogP contribution in [-0.4, -0.2) is 28.3 Å². The largest absolute Gasteiger partial charge is 0.497 e. The van der Waals surface area contributed by atoms with E-state index >= 15 is 0 Å². The summed E-state index contributed by atoms with van der Waals surface area (Å²) in [6.07, 6.45) is 3.78. The molecular formula is C16H16N4OS2. The normalized spacial score (nSPS) is 10.6. The van der Waals surface area contributed by atoms with Crippen molar-refractivity contribution in [1.29, 1.82) is 0 Å². The van der Waals surface area contributed by atoms with E-state index in [9.17, 15) is 0 Å². The maximum absolute atomic E-state index is 5.23. The Labute approximate surface area is 143 Å². The van der Waals surface area contributed by atoms with Gasteiger partial charge in [0.2, 0.25) is 5.95 Å². The molecule has 3 aromatic rings. The number of methoxy groups -OCH3 is 1. The van der Waals surface area contributed by atoms with Gasteiger partial charge < -0.3 is 10.1 Å². The maximum atomic E-state index is 5.23. The van der Waals surface area contributed by atoms with Crippen LogP contribution in [0.3, 0.4) is 0 Å². The third-order valence-electron chi connectivity index (χ3n) is 3.17. The lowest BCUT2D eigenvalue weighted by atomic mass is 10.3. The second-order valence-corrected chi connectivity index (χ2v) is 6.77. The highest BCUT2D eigenvalue weighted by molar-refractivity contribution is 8.00. The van der Waals surface area contributed by atoms with Crippen LogP contribution in [-0.2, 0) is 0 Å². The number of nitrogens with zero attached hydrogens (tertiary/aromatic N) is 3. The smallest absolute Gasteiger partial charge is 0.227 e. The van der Waals surface area contributed by atoms with Crippen LogP contribution in [0.2, 0.25) is 0 Å². The van der Waals surface area contributed by atoms with E-state index in [1.165, 1.54) is 0 Å². The molecule has 1 N–H and O–H groups in total. The molecule has 2 aromatic heterocycles. The number of hydrogen-bond donors (Lipinski definition) is 1. The van der Waals surface area contributed by atoms with Gasteiger partial charge in [-0.3, -0.25) is 0 Å². The molecule has 2 heterocycles. The second-order valence-electron chi connectivity index (χ2n) is 4.72. The monoisotopic (exact) mass is 344 g/mol. The topological polar surface area (TPSA) is 59.9 Å². The quantitative estimate of drug-likeness (QED) is 0.693. The van der Waals surface area contributed by atoms with Crippen molar-refractivity contribution in [3.63, 3.8) is 0 Å². The minimum absolute atomic E-state index is 0.550. The van der Waals surface area contributed by atoms with Crippen LogP contribution in [0, 0.1) is 6.92 Å². The zero-order chi connectivity index (χ0) is 16.2. The molecule has 0 bridgehead atoms. The van der Waals surface area contributed by atoms with Crippen molar-refractivity contribution in [2.75, 3.05) is 18.7 Å². The van der Waals surface area contributed by atoms with E-state index in [1.807, 2.05) is 43.5 Å². The van der Waals surface area contributed by atoms with Crippen LogP contribution < -0.4 is 10.1 Å². The number of anilines is 2. The van der Waals surface area contributed by atoms with Gasteiger partial charge in [-0.2, -0.15) is 0 Å². The van der Waals surface area contributed by atoms with Gasteiger partial charge in [-0.1, -0.05) is 17.8 Å². The number of benzene rings is 1. The molecule has 3 rings (SSSR count). The van der Waals surface area contributed by atoms with E-state index in [1.54, 1.807) is 36.4 Å². The molecule has 0 amide bonds. The molecule has 5 nitrogen and oxygen atoms in total. The average molecular weight is 344 g/mol. The molecule has 23 heavy (non-hydrogen) atoms. The van der Waals surface area contributed by atoms with Gasteiger partial charge in [-0.05, 0) is 31.4 Å². The molecule has 0 saturated carbocycles. The third kappa shape index (κ3) is 3.62. The van der Waals surface area contributed by atoms with Crippen LogP contribution in [0.15, 0.2) is 40.9 Å². The molecule has 0 unspecified atom stereocenters. The molecule has 118 valence electrons. The summed E-state index contributed by atoms with van der Waals surface area (Å²) >= 11 is 3.29. The van der Waals surface area contributed by atoms with Gasteiger partial charge in [-0.15, -0.1) is 11.3 Å². The summed E-state index contributed by atoms with van der Waals surface area (Å²) in [6, 6.07) is 9.57. The summed E-state index contributed by atoms with van der Waals surface area (Å²) in [5, 5.41) is 3.21. The van der Waals surface area contributed by atoms with Crippen molar-refractivity contribution in [1.82, 2.24) is 15.0 Å². The van der Waals surface area contributed by atoms with E-state index in [0.29, 0.717) is 5.95 Å². The van der Waals surface area contributed by atoms with Gasteiger partial charge in [0.25, 0.3) is 0 Å². The van der Waals surface area contributed by atoms with Crippen LogP contribution in [0.4, 0.5) is 11.6 Å². The number of aryl methyl sites for hydroxylation is 1. The van der Waals surface area contributed by atoms with Crippen molar-refractivity contribution in [3.8, 4) is 16.3 Å². The lowest BCUT2D eigenvalue weighted by molar-refractivity contribution is 0.415. The SMILES string of the molecule is COc1cccc(Nc2nccc(-c3sc(SC)nc3C)n2)c1. The first-order chi connectivity index (χ1) is 11.2. The Balaban J connectivity index is 1.88. The Morgan fingerprint density at radius 3 is 2.83 bits per heavy atom. The number of thioether (sulfide) groups is 1. The summed E-state index contributed by atoms with van der Waals surface area (Å²) in [4.78, 5) is 14.5. The number of aromatic nitrogens is 3. The van der Waals surface area contributed by atoms with E-state index in [-0.39, 0.29) is 0 Å². The summed E-state index contributed by atoms with van der Waals surface area (Å²) in [7, 11) is 1.64. The summed E-state index contributed by atoms with van der Waals surface area (Å²) in [5.74, 6) is 1.34. The Hall–Kier alpha value is -2.12. The van der Waals surface area contributed by atoms with Crippen LogP contribution in [0.25, 0.3) is 10.6 Å². The second kappa shape index (κ2) is 6.97. The average Bonchev–Trinajstić information content (AvgIpc) is 2.96. The highest BCUT2D eigenvalue weighted by Crippen LogP contribution is 2.33. The molecule has 0 aliphatic carbocycles. The maximum Gasteiger partial charge on any atom is 0.227 e. The predicted molar refractivity (Wildman–Crippen MR) is 95.9 cm³/mol. The molecule has 7 heteroatoms. The molecule has 0 saturated heterocycles. The van der Waals surface area contributed by atoms with Crippen molar-refractivity contribution in [3.05, 3.63) is 42.2 Å². The number of hydrogen-bond acceptors (Lipinski definition) is 7. The number of rotatable bonds is 5. The summed E-state index contributed by atoms with van der Waals surface area (Å²) in [6.45, 7) is 2.00. The Morgan fingerprint density at radius 1 is 1.22 bits per heavy atom. The first-order valence-electron chi connectivity index (χ1n) is 6.95. The molecule has 0 aliphatic heterocycles. The van der Waals surface area contributed by atoms with E-state index < -0.39 is 0 Å². The zero-order valence-electron chi connectivity index (χ0n) is 13.0. The van der Waals surface area contributed by atoms with E-state index in [2.05, 4.69) is 20.3 Å². The Bertz CT molecular complexity index is 819. The van der Waals surface area contributed by atoms with Crippen LogP contribution in [0.5, 0.6) is 5.75 Å². The van der Waals surface area contributed by atoms with E-state index in [0.717, 1.165) is 32.0 Å². The molecule has 0 aliphatic rings. The van der Waals surface area contributed by atoms with Gasteiger partial charge in [0.05, 0.1) is 23.4 Å². The number of ether oxygens (including phenoxy) is 1. The van der Waals surface area contributed by atoms with Crippen LogP contribution in [0.1, 0.15) is 5.69 Å². The molecule has 0 spiro atoms. The third-order valence-corrected chi connectivity index (χ3v) is 5.33. The van der Waals surface area contributed by atoms with Crippen LogP contribution >= 0.6 is 23.1 Å². The van der Waals surface area contributed by atoms with Gasteiger partial charge in [0, 0.05) is 18.0 Å². The van der Waals surface area contributed by atoms with Gasteiger partial charge in [0.15, 0.2) is 4.34 Å². The zero-order valence-corrected chi connectivity index (χ0v) is 14.7. The highest BCUT2D eigenvalue weighted by atomic mass is 32.2. The number of nitrogens with one attached hydrogen (secondary N) is 1. The first kappa shape index (κ1) is 15.8. The first-order valence-corrected chi connectivity index (χ1v) is 8.99. The lowest BCUT2D eigenvalue weighted by Crippen LogP contribution is -1.98. The van der Waals surface area contributed by atoms with Crippen molar-refractivity contribution >= 4 is 34.7 Å². The molecule has 0 atom stereocenters. The molecular weight excluding hydrogens is 328 g/mol. The van der Waals surface area contributed by atoms with Crippen molar-refractivity contribution in [2.45, 2.75) is 11.3 Å². The summed E-state index contributed by atoms with van der Waals surface area (Å²) < 4.78 is 6.27. The predicted octanol–water partition coefficient (Wildman–Crippen LogP) is 4.38. The molecule has 0 fully saturated rings. The van der Waals surface area contributed by atoms with Crippen molar-refractivity contribution < 1.29 is 4.74 Å². The highest BCUT2D eigenvalue weighted by Gasteiger charge is 2.11. The van der Waals surface area contributed by atoms with Gasteiger partial charge in [-0.25, -0.2) is 15.0 Å². The van der Waals surface area contributed by atoms with Gasteiger partial charge >= 0.3 is 0 Å². The fourth-order valence-corrected chi connectivity index (χ4v) is 3.65. The minimum Gasteiger partial charge on any atom is -0.497 e. The Kier molecular flexibility index (Phi) is 4.78. The number of thiazole rings is 1. The minimum atomic E-state index is 0.550. The summed E-state index contributed by atoms with van der Waals surface area (Å²) in [5.41, 5.74) is 2.75. The lowest BCUT2D eigenvalue weighted by Gasteiger charge is -2.07. The fraction of sp³-hybridized carbons (Fsp3) is 0.188. The fourth-order valence-electron chi connectivity index (χ4n) is 2.07. The standard InChI is InChI=1S/C16H16N4OS2/c1-10-14(23-16(18-10)22-3)13-7-8-17-15(20-13)19-11-5-4-6-12(9-11)21-2/h4-9H,1-3H3,(H,17,19,20). The Morgan fingerprint density at radius 2 is 2.09 bits per heavy atom.